The molecule has 0 radical (unpaired) electrons. The largest absolute Gasteiger partial charge is 0.341 e. The van der Waals surface area contributed by atoms with Gasteiger partial charge in [-0.1, -0.05) is 12.1 Å². The Hall–Kier alpha value is -3.50. The maximum atomic E-state index is 12.6. The van der Waals surface area contributed by atoms with E-state index in [4.69, 9.17) is 0 Å². The minimum atomic E-state index is -1.56. The molecule has 1 heterocycles. The molecule has 0 saturated carbocycles. The van der Waals surface area contributed by atoms with E-state index in [0.717, 1.165) is 0 Å². The van der Waals surface area contributed by atoms with Gasteiger partial charge in [0, 0.05) is 19.2 Å². The van der Waals surface area contributed by atoms with E-state index in [1.807, 2.05) is 5.32 Å². The van der Waals surface area contributed by atoms with E-state index in [9.17, 15) is 29.3 Å². The van der Waals surface area contributed by atoms with Gasteiger partial charge in [0.05, 0.1) is 4.92 Å². The average Bonchev–Trinajstić information content (AvgIpc) is 2.79. The number of carbonyl (C=O) groups is 4. The van der Waals surface area contributed by atoms with Gasteiger partial charge in [-0.25, -0.2) is 9.59 Å². The maximum absolute atomic E-state index is 12.6. The van der Waals surface area contributed by atoms with Crippen molar-refractivity contribution in [3.8, 4) is 0 Å². The van der Waals surface area contributed by atoms with E-state index in [2.05, 4.69) is 10.6 Å². The van der Waals surface area contributed by atoms with Crippen molar-refractivity contribution in [1.29, 1.82) is 0 Å². The molecule has 0 spiro atoms. The van der Waals surface area contributed by atoms with E-state index in [1.54, 1.807) is 0 Å². The molecule has 1 fully saturated rings. The summed E-state index contributed by atoms with van der Waals surface area (Å²) in [5, 5.41) is 17.4. The lowest BCUT2D eigenvalue weighted by Gasteiger charge is -2.21. The van der Waals surface area contributed by atoms with Gasteiger partial charge in [-0.05, 0) is 12.5 Å². The van der Waals surface area contributed by atoms with Crippen molar-refractivity contribution in [1.82, 2.24) is 20.9 Å². The fourth-order valence-corrected chi connectivity index (χ4v) is 2.34. The van der Waals surface area contributed by atoms with Gasteiger partial charge in [-0.15, -0.1) is 0 Å². The fraction of sp³-hybridized carbons (Fsp3) is 0.286. The monoisotopic (exact) mass is 349 g/mol. The van der Waals surface area contributed by atoms with Crippen LogP contribution in [0, 0.1) is 10.1 Å². The number of nitrogens with zero attached hydrogens (tertiary/aromatic N) is 2. The molecule has 2 rings (SSSR count). The fourth-order valence-electron chi connectivity index (χ4n) is 2.34. The highest BCUT2D eigenvalue weighted by Gasteiger charge is 2.49. The number of hydrogen-bond donors (Lipinski definition) is 3. The first-order chi connectivity index (χ1) is 11.7. The van der Waals surface area contributed by atoms with Crippen molar-refractivity contribution < 1.29 is 24.1 Å². The topological polar surface area (TPSA) is 151 Å². The Morgan fingerprint density at radius 2 is 2.04 bits per heavy atom. The van der Waals surface area contributed by atoms with Crippen LogP contribution in [-0.2, 0) is 15.1 Å². The third-order valence-electron chi connectivity index (χ3n) is 3.69. The van der Waals surface area contributed by atoms with E-state index in [1.165, 1.54) is 38.2 Å². The molecule has 0 aromatic heterocycles. The number of amides is 6. The first-order valence-electron chi connectivity index (χ1n) is 7.09. The van der Waals surface area contributed by atoms with E-state index >= 15 is 0 Å². The molecule has 0 aliphatic carbocycles. The van der Waals surface area contributed by atoms with Crippen LogP contribution in [0.15, 0.2) is 24.3 Å². The normalized spacial score (nSPS) is 19.4. The van der Waals surface area contributed by atoms with Crippen molar-refractivity contribution >= 4 is 29.6 Å². The van der Waals surface area contributed by atoms with E-state index in [-0.39, 0.29) is 11.3 Å². The van der Waals surface area contributed by atoms with Crippen molar-refractivity contribution in [3.05, 3.63) is 39.9 Å². The van der Waals surface area contributed by atoms with Crippen molar-refractivity contribution in [2.24, 2.45) is 0 Å². The van der Waals surface area contributed by atoms with Gasteiger partial charge in [0.2, 0.25) is 5.91 Å². The van der Waals surface area contributed by atoms with E-state index in [0.29, 0.717) is 4.90 Å². The number of benzene rings is 1. The Bertz CT molecular complexity index is 779. The van der Waals surface area contributed by atoms with Gasteiger partial charge in [-0.2, -0.15) is 0 Å². The predicted octanol–water partition coefficient (Wildman–Crippen LogP) is -0.183. The minimum Gasteiger partial charge on any atom is -0.341 e. The second-order valence-corrected chi connectivity index (χ2v) is 5.38. The summed E-state index contributed by atoms with van der Waals surface area (Å²) < 4.78 is 0. The quantitative estimate of drug-likeness (QED) is 0.389. The molecule has 25 heavy (non-hydrogen) atoms. The lowest BCUT2D eigenvalue weighted by Crippen LogP contribution is -2.46. The maximum Gasteiger partial charge on any atom is 0.325 e. The summed E-state index contributed by atoms with van der Waals surface area (Å²) in [7, 11) is 1.30. The molecule has 3 N–H and O–H groups in total. The molecular formula is C14H15N5O6. The summed E-state index contributed by atoms with van der Waals surface area (Å²) in [6.45, 7) is 0.714. The van der Waals surface area contributed by atoms with Crippen LogP contribution >= 0.6 is 0 Å². The number of nitro groups is 1. The number of non-ortho nitro benzene ring substituents is 1. The van der Waals surface area contributed by atoms with Crippen LogP contribution in [0.2, 0.25) is 0 Å². The second kappa shape index (κ2) is 6.55. The number of carbonyl (C=O) groups excluding carboxylic acids is 4. The van der Waals surface area contributed by atoms with E-state index < -0.39 is 40.9 Å². The highest BCUT2D eigenvalue weighted by Crippen LogP contribution is 2.30. The second-order valence-electron chi connectivity index (χ2n) is 5.38. The van der Waals surface area contributed by atoms with Crippen LogP contribution in [0.3, 0.4) is 0 Å². The molecule has 1 unspecified atom stereocenters. The number of rotatable bonds is 4. The number of nitrogens with one attached hydrogen (secondary N) is 3. The number of hydrogen-bond acceptors (Lipinski definition) is 6. The minimum absolute atomic E-state index is 0.203. The molecule has 1 atom stereocenters. The zero-order valence-corrected chi connectivity index (χ0v) is 13.4. The molecule has 1 aromatic rings. The van der Waals surface area contributed by atoms with Gasteiger partial charge in [0.1, 0.15) is 12.1 Å². The molecule has 1 saturated heterocycles. The zero-order valence-electron chi connectivity index (χ0n) is 13.4. The van der Waals surface area contributed by atoms with Crippen LogP contribution < -0.4 is 16.0 Å². The molecule has 11 heteroatoms. The molecule has 1 aliphatic heterocycles. The lowest BCUT2D eigenvalue weighted by atomic mass is 9.91. The summed E-state index contributed by atoms with van der Waals surface area (Å²) in [5.41, 5.74) is -1.60. The summed E-state index contributed by atoms with van der Waals surface area (Å²) >= 11 is 0. The molecule has 0 bridgehead atoms. The summed E-state index contributed by atoms with van der Waals surface area (Å²) in [5.74, 6) is -1.61. The Kier molecular flexibility index (Phi) is 4.68. The smallest absolute Gasteiger partial charge is 0.325 e. The third-order valence-corrected chi connectivity index (χ3v) is 3.69. The van der Waals surface area contributed by atoms with Crippen LogP contribution in [0.1, 0.15) is 12.5 Å². The number of nitro benzene ring substituents is 1. The summed E-state index contributed by atoms with van der Waals surface area (Å²) in [4.78, 5) is 58.4. The van der Waals surface area contributed by atoms with Gasteiger partial charge in [0.15, 0.2) is 0 Å². The molecule has 6 amide bonds. The van der Waals surface area contributed by atoms with Gasteiger partial charge < -0.3 is 10.6 Å². The molecule has 11 nitrogen and oxygen atoms in total. The van der Waals surface area contributed by atoms with Crippen LogP contribution in [0.4, 0.5) is 15.3 Å². The number of urea groups is 2. The first-order valence-corrected chi connectivity index (χ1v) is 7.09. The Balaban J connectivity index is 2.24. The highest BCUT2D eigenvalue weighted by atomic mass is 16.6. The Morgan fingerprint density at radius 3 is 2.64 bits per heavy atom. The van der Waals surface area contributed by atoms with Gasteiger partial charge in [-0.3, -0.25) is 29.9 Å². The molecule has 1 aliphatic rings. The molecular weight excluding hydrogens is 334 g/mol. The van der Waals surface area contributed by atoms with Crippen molar-refractivity contribution in [3.63, 3.8) is 0 Å². The summed E-state index contributed by atoms with van der Waals surface area (Å²) in [6, 6.07) is 3.65. The van der Waals surface area contributed by atoms with Crippen molar-refractivity contribution in [2.75, 3.05) is 13.6 Å². The zero-order chi connectivity index (χ0) is 18.8. The van der Waals surface area contributed by atoms with Crippen LogP contribution in [0.5, 0.6) is 0 Å². The standard InChI is InChI=1S/C14H15N5O6/c1-14(8-4-3-5-9(6-8)19(24)25)11(21)18(13(23)17-14)7-10(20)16-12(22)15-2/h3-6H,7H2,1-2H3,(H,17,23)(H2,15,16,20,22). The van der Waals surface area contributed by atoms with Gasteiger partial charge in [0.25, 0.3) is 11.6 Å². The van der Waals surface area contributed by atoms with Gasteiger partial charge >= 0.3 is 12.1 Å². The predicted molar refractivity (Wildman–Crippen MR) is 83.3 cm³/mol. The number of imide groups is 2. The average molecular weight is 349 g/mol. The first kappa shape index (κ1) is 17.8. The van der Waals surface area contributed by atoms with Crippen LogP contribution in [-0.4, -0.2) is 47.3 Å². The Morgan fingerprint density at radius 1 is 1.36 bits per heavy atom. The van der Waals surface area contributed by atoms with Crippen molar-refractivity contribution in [2.45, 2.75) is 12.5 Å². The lowest BCUT2D eigenvalue weighted by molar-refractivity contribution is -0.385. The Labute approximate surface area is 141 Å². The highest BCUT2D eigenvalue weighted by molar-refractivity contribution is 6.10. The molecule has 1 aromatic carbocycles. The van der Waals surface area contributed by atoms with Crippen LogP contribution in [0.25, 0.3) is 0 Å². The SMILES string of the molecule is CNC(=O)NC(=O)CN1C(=O)NC(C)(c2cccc([N+](=O)[O-])c2)C1=O. The summed E-state index contributed by atoms with van der Waals surface area (Å²) in [6.07, 6.45) is 0. The molecule has 132 valence electrons. The third kappa shape index (κ3) is 3.39.